The number of hydrogen-bond acceptors (Lipinski definition) is 5. The molecule has 2 aromatic carbocycles. The first-order chi connectivity index (χ1) is 14.0. The van der Waals surface area contributed by atoms with Gasteiger partial charge in [-0.1, -0.05) is 35.5 Å². The second kappa shape index (κ2) is 9.62. The predicted molar refractivity (Wildman–Crippen MR) is 118 cm³/mol. The number of benzene rings is 2. The Morgan fingerprint density at radius 1 is 1.34 bits per heavy atom. The van der Waals surface area contributed by atoms with Crippen LogP contribution in [0.1, 0.15) is 6.42 Å². The van der Waals surface area contributed by atoms with Gasteiger partial charge >= 0.3 is 0 Å². The molecule has 1 heterocycles. The lowest BCUT2D eigenvalue weighted by Gasteiger charge is -2.14. The number of amides is 2. The molecule has 0 saturated carbocycles. The van der Waals surface area contributed by atoms with Crippen molar-refractivity contribution < 1.29 is 14.3 Å². The maximum atomic E-state index is 12.8. The molecule has 1 atom stereocenters. The molecule has 3 rings (SSSR count). The lowest BCUT2D eigenvalue weighted by atomic mass is 10.2. The van der Waals surface area contributed by atoms with Gasteiger partial charge in [-0.05, 0) is 36.4 Å². The monoisotopic (exact) mass is 429 g/mol. The normalized spacial score (nSPS) is 17.4. The topological polar surface area (TPSA) is 71.0 Å². The van der Waals surface area contributed by atoms with E-state index in [9.17, 15) is 9.59 Å². The molecule has 0 unspecified atom stereocenters. The van der Waals surface area contributed by atoms with E-state index in [0.717, 1.165) is 0 Å². The molecule has 1 saturated heterocycles. The molecule has 0 radical (unpaired) electrons. The van der Waals surface area contributed by atoms with Crippen molar-refractivity contribution in [2.45, 2.75) is 11.7 Å². The van der Waals surface area contributed by atoms with Gasteiger partial charge in [0.2, 0.25) is 11.8 Å². The highest BCUT2D eigenvalue weighted by Crippen LogP contribution is 2.32. The highest BCUT2D eigenvalue weighted by Gasteiger charge is 2.38. The number of carbonyl (C=O) groups excluding carboxylic acids is 2. The highest BCUT2D eigenvalue weighted by atomic mass is 35.5. The third kappa shape index (κ3) is 5.40. The molecule has 0 spiro atoms. The summed E-state index contributed by atoms with van der Waals surface area (Å²) in [4.78, 5) is 31.3. The first-order valence-electron chi connectivity index (χ1n) is 8.87. The van der Waals surface area contributed by atoms with Crippen LogP contribution in [-0.2, 0) is 9.59 Å². The molecule has 29 heavy (non-hydrogen) atoms. The predicted octanol–water partition coefficient (Wildman–Crippen LogP) is 4.49. The average Bonchev–Trinajstić information content (AvgIpc) is 2.99. The molecular formula is C21H20ClN3O3S. The van der Waals surface area contributed by atoms with E-state index in [1.165, 1.54) is 16.7 Å². The van der Waals surface area contributed by atoms with E-state index < -0.39 is 5.25 Å². The first-order valence-corrected chi connectivity index (χ1v) is 10.1. The number of methoxy groups -OCH3 is 1. The average molecular weight is 430 g/mol. The van der Waals surface area contributed by atoms with Crippen LogP contribution in [0.5, 0.6) is 5.75 Å². The Bertz CT molecular complexity index is 946. The number of hydrogen-bond donors (Lipinski definition) is 1. The van der Waals surface area contributed by atoms with E-state index in [0.29, 0.717) is 33.9 Å². The quantitative estimate of drug-likeness (QED) is 0.658. The number of nitrogens with one attached hydrogen (secondary N) is 1. The van der Waals surface area contributed by atoms with Gasteiger partial charge in [-0.3, -0.25) is 14.5 Å². The van der Waals surface area contributed by atoms with Gasteiger partial charge in [0, 0.05) is 29.7 Å². The maximum absolute atomic E-state index is 12.8. The van der Waals surface area contributed by atoms with Crippen LogP contribution in [0.25, 0.3) is 0 Å². The van der Waals surface area contributed by atoms with Crippen LogP contribution in [0.15, 0.2) is 66.2 Å². The maximum Gasteiger partial charge on any atom is 0.242 e. The van der Waals surface area contributed by atoms with E-state index in [1.54, 1.807) is 43.5 Å². The highest BCUT2D eigenvalue weighted by molar-refractivity contribution is 8.15. The largest absolute Gasteiger partial charge is 0.497 e. The molecule has 2 amide bonds. The molecule has 1 fully saturated rings. The number of ether oxygens (including phenoxy) is 1. The van der Waals surface area contributed by atoms with Crippen molar-refractivity contribution in [3.8, 4) is 5.75 Å². The Hall–Kier alpha value is -2.77. The fourth-order valence-corrected chi connectivity index (χ4v) is 4.02. The summed E-state index contributed by atoms with van der Waals surface area (Å²) in [6.45, 7) is 4.03. The molecule has 2 aromatic rings. The summed E-state index contributed by atoms with van der Waals surface area (Å²) in [5, 5.41) is 3.36. The second-order valence-electron chi connectivity index (χ2n) is 6.20. The first kappa shape index (κ1) is 21.0. The van der Waals surface area contributed by atoms with E-state index in [2.05, 4.69) is 16.9 Å². The lowest BCUT2D eigenvalue weighted by molar-refractivity contribution is -0.127. The lowest BCUT2D eigenvalue weighted by Crippen LogP contribution is -2.33. The van der Waals surface area contributed by atoms with E-state index in [1.807, 2.05) is 18.2 Å². The van der Waals surface area contributed by atoms with Gasteiger partial charge in [0.25, 0.3) is 0 Å². The van der Waals surface area contributed by atoms with Gasteiger partial charge in [-0.25, -0.2) is 4.99 Å². The van der Waals surface area contributed by atoms with Crippen molar-refractivity contribution in [2.24, 2.45) is 4.99 Å². The summed E-state index contributed by atoms with van der Waals surface area (Å²) in [6, 6.07) is 14.1. The molecule has 1 N–H and O–H groups in total. The van der Waals surface area contributed by atoms with Crippen LogP contribution in [0, 0.1) is 0 Å². The zero-order valence-corrected chi connectivity index (χ0v) is 17.4. The van der Waals surface area contributed by atoms with E-state index in [-0.39, 0.29) is 18.2 Å². The van der Waals surface area contributed by atoms with Gasteiger partial charge < -0.3 is 10.1 Å². The minimum atomic E-state index is -0.549. The summed E-state index contributed by atoms with van der Waals surface area (Å²) >= 11 is 7.13. The zero-order chi connectivity index (χ0) is 20.8. The Balaban J connectivity index is 1.74. The van der Waals surface area contributed by atoms with Crippen molar-refractivity contribution in [3.63, 3.8) is 0 Å². The second-order valence-corrected chi connectivity index (χ2v) is 7.81. The molecule has 1 aliphatic heterocycles. The van der Waals surface area contributed by atoms with Crippen molar-refractivity contribution in [2.75, 3.05) is 19.0 Å². The van der Waals surface area contributed by atoms with Crippen molar-refractivity contribution in [1.29, 1.82) is 0 Å². The van der Waals surface area contributed by atoms with Crippen LogP contribution < -0.4 is 10.1 Å². The third-order valence-electron chi connectivity index (χ3n) is 4.11. The van der Waals surface area contributed by atoms with Crippen LogP contribution in [0.4, 0.5) is 11.4 Å². The van der Waals surface area contributed by atoms with Crippen molar-refractivity contribution in [3.05, 3.63) is 66.2 Å². The molecule has 1 aliphatic rings. The fraction of sp³-hybridized carbons (Fsp3) is 0.190. The molecule has 0 bridgehead atoms. The molecule has 0 aliphatic carbocycles. The number of rotatable bonds is 7. The number of amidine groups is 1. The molecule has 6 nitrogen and oxygen atoms in total. The summed E-state index contributed by atoms with van der Waals surface area (Å²) < 4.78 is 5.22. The van der Waals surface area contributed by atoms with Crippen LogP contribution in [-0.4, -0.2) is 40.8 Å². The van der Waals surface area contributed by atoms with E-state index >= 15 is 0 Å². The minimum absolute atomic E-state index is 0.0386. The zero-order valence-electron chi connectivity index (χ0n) is 15.8. The van der Waals surface area contributed by atoms with Gasteiger partial charge in [0.05, 0.1) is 12.8 Å². The van der Waals surface area contributed by atoms with Gasteiger partial charge in [0.15, 0.2) is 5.17 Å². The SMILES string of the molecule is C=CCN1C(=O)[C@H](CC(=O)Nc2ccc(Cl)cc2)SC1=Nc1cccc(OC)c1. The number of halogens is 1. The molecule has 8 heteroatoms. The van der Waals surface area contributed by atoms with Gasteiger partial charge in [0.1, 0.15) is 11.0 Å². The Kier molecular flexibility index (Phi) is 6.95. The van der Waals surface area contributed by atoms with Crippen LogP contribution >= 0.6 is 23.4 Å². The number of nitrogens with zero attached hydrogens (tertiary/aromatic N) is 2. The summed E-state index contributed by atoms with van der Waals surface area (Å²) in [5.41, 5.74) is 1.29. The molecule has 150 valence electrons. The molecular weight excluding hydrogens is 410 g/mol. The summed E-state index contributed by atoms with van der Waals surface area (Å²) in [7, 11) is 1.58. The summed E-state index contributed by atoms with van der Waals surface area (Å²) in [6.07, 6.45) is 1.67. The third-order valence-corrected chi connectivity index (χ3v) is 5.54. The van der Waals surface area contributed by atoms with Crippen molar-refractivity contribution >= 4 is 51.7 Å². The molecule has 0 aromatic heterocycles. The van der Waals surface area contributed by atoms with Crippen LogP contribution in [0.3, 0.4) is 0 Å². The smallest absolute Gasteiger partial charge is 0.242 e. The number of anilines is 1. The summed E-state index contributed by atoms with van der Waals surface area (Å²) in [5.74, 6) is 0.262. The Morgan fingerprint density at radius 3 is 2.79 bits per heavy atom. The standard InChI is InChI=1S/C21H20ClN3O3S/c1-3-11-25-20(27)18(13-19(26)23-15-9-7-14(22)8-10-15)29-21(25)24-16-5-4-6-17(12-16)28-2/h3-10,12,18H,1,11,13H2,2H3,(H,23,26)/t18-/m0/s1. The number of carbonyl (C=O) groups is 2. The van der Waals surface area contributed by atoms with E-state index in [4.69, 9.17) is 16.3 Å². The van der Waals surface area contributed by atoms with Gasteiger partial charge in [-0.15, -0.1) is 6.58 Å². The minimum Gasteiger partial charge on any atom is -0.497 e. The Labute approximate surface area is 178 Å². The number of thioether (sulfide) groups is 1. The Morgan fingerprint density at radius 2 is 2.10 bits per heavy atom. The van der Waals surface area contributed by atoms with Gasteiger partial charge in [-0.2, -0.15) is 0 Å². The van der Waals surface area contributed by atoms with Crippen molar-refractivity contribution in [1.82, 2.24) is 4.90 Å². The van der Waals surface area contributed by atoms with Crippen LogP contribution in [0.2, 0.25) is 5.02 Å². The number of aliphatic imine (C=N–C) groups is 1. The fourth-order valence-electron chi connectivity index (χ4n) is 2.73.